The third-order valence-corrected chi connectivity index (χ3v) is 5.30. The number of hydrogen-bond acceptors (Lipinski definition) is 8. The Kier molecular flexibility index (Phi) is 12.2. The van der Waals surface area contributed by atoms with Crippen LogP contribution in [0.2, 0.25) is 0 Å². The number of aliphatic hydroxyl groups is 2. The predicted octanol–water partition coefficient (Wildman–Crippen LogP) is 0.679. The second kappa shape index (κ2) is 15.4. The summed E-state index contributed by atoms with van der Waals surface area (Å²) in [6.45, 7) is 2.43. The Labute approximate surface area is 216 Å². The summed E-state index contributed by atoms with van der Waals surface area (Å²) in [6.07, 6.45) is -2.04. The van der Waals surface area contributed by atoms with Crippen LogP contribution in [0, 0.1) is 0 Å². The van der Waals surface area contributed by atoms with Gasteiger partial charge in [0.15, 0.2) is 0 Å². The number of nitrogens with one attached hydrogen (secondary N) is 2. The van der Waals surface area contributed by atoms with Crippen LogP contribution >= 0.6 is 0 Å². The molecule has 0 saturated carbocycles. The van der Waals surface area contributed by atoms with Gasteiger partial charge in [0.2, 0.25) is 11.8 Å². The molecule has 0 radical (unpaired) electrons. The molecule has 2 amide bonds. The summed E-state index contributed by atoms with van der Waals surface area (Å²) < 4.78 is 10.5. The summed E-state index contributed by atoms with van der Waals surface area (Å²) in [4.78, 5) is 49.1. The van der Waals surface area contributed by atoms with E-state index in [0.29, 0.717) is 0 Å². The minimum absolute atomic E-state index is 0.0780. The highest BCUT2D eigenvalue weighted by Crippen LogP contribution is 2.07. The fourth-order valence-electron chi connectivity index (χ4n) is 3.28. The topological polar surface area (TPSA) is 151 Å². The molecule has 200 valence electrons. The molecule has 0 aromatic heterocycles. The van der Waals surface area contributed by atoms with E-state index in [-0.39, 0.29) is 32.5 Å². The number of rotatable bonds is 14. The number of carbonyl (C=O) groups is 4. The number of benzene rings is 2. The maximum atomic E-state index is 12.6. The third kappa shape index (κ3) is 10.8. The molecule has 0 aliphatic carbocycles. The highest BCUT2D eigenvalue weighted by atomic mass is 16.5. The predicted molar refractivity (Wildman–Crippen MR) is 134 cm³/mol. The van der Waals surface area contributed by atoms with E-state index in [4.69, 9.17) is 9.47 Å². The van der Waals surface area contributed by atoms with Crippen molar-refractivity contribution in [3.05, 3.63) is 71.8 Å². The molecule has 0 bridgehead atoms. The molecular formula is C27H34N2O8. The van der Waals surface area contributed by atoms with E-state index in [2.05, 4.69) is 10.6 Å². The zero-order valence-corrected chi connectivity index (χ0v) is 21.0. The summed E-state index contributed by atoms with van der Waals surface area (Å²) in [6, 6.07) is 16.1. The van der Waals surface area contributed by atoms with Gasteiger partial charge < -0.3 is 30.3 Å². The third-order valence-electron chi connectivity index (χ3n) is 5.30. The number of amides is 2. The Morgan fingerprint density at radius 2 is 1.03 bits per heavy atom. The van der Waals surface area contributed by atoms with E-state index >= 15 is 0 Å². The molecule has 0 heterocycles. The smallest absolute Gasteiger partial charge is 0.328 e. The van der Waals surface area contributed by atoms with E-state index in [1.165, 1.54) is 13.8 Å². The van der Waals surface area contributed by atoms with Crippen LogP contribution in [-0.2, 0) is 41.5 Å². The molecule has 0 fully saturated rings. The van der Waals surface area contributed by atoms with Crippen molar-refractivity contribution in [2.24, 2.45) is 0 Å². The Bertz CT molecular complexity index is 930. The van der Waals surface area contributed by atoms with Crippen LogP contribution in [0.15, 0.2) is 60.7 Å². The highest BCUT2D eigenvalue weighted by Gasteiger charge is 2.26. The number of aliphatic hydroxyl groups excluding tert-OH is 2. The standard InChI is InChI=1S/C27H34N2O8/c1-18(30)24(32)28-22(16-20-10-5-3-6-11-20)26(34)36-14-9-15-37-27(35)23(29-25(33)19(2)31)17-21-12-7-4-8-13-21/h3-8,10-13,18-19,22-23,30-31H,9,14-17H2,1-2H3,(H,28,32)(H,29,33). The molecule has 2 rings (SSSR count). The van der Waals surface area contributed by atoms with Crippen LogP contribution < -0.4 is 10.6 Å². The van der Waals surface area contributed by atoms with Gasteiger partial charge in [-0.1, -0.05) is 60.7 Å². The monoisotopic (exact) mass is 514 g/mol. The van der Waals surface area contributed by atoms with Crippen molar-refractivity contribution in [3.63, 3.8) is 0 Å². The molecular weight excluding hydrogens is 480 g/mol. The zero-order valence-electron chi connectivity index (χ0n) is 21.0. The molecule has 0 aliphatic heterocycles. The highest BCUT2D eigenvalue weighted by molar-refractivity contribution is 5.87. The van der Waals surface area contributed by atoms with E-state index in [9.17, 15) is 29.4 Å². The van der Waals surface area contributed by atoms with Crippen LogP contribution in [0.25, 0.3) is 0 Å². The lowest BCUT2D eigenvalue weighted by Gasteiger charge is -2.20. The first kappa shape index (κ1) is 29.5. The molecule has 4 unspecified atom stereocenters. The summed E-state index contributed by atoms with van der Waals surface area (Å²) in [7, 11) is 0. The molecule has 4 atom stereocenters. The maximum Gasteiger partial charge on any atom is 0.328 e. The second-order valence-electron chi connectivity index (χ2n) is 8.54. The molecule has 10 heteroatoms. The first-order valence-electron chi connectivity index (χ1n) is 12.1. The lowest BCUT2D eigenvalue weighted by Crippen LogP contribution is -2.47. The second-order valence-corrected chi connectivity index (χ2v) is 8.54. The van der Waals surface area contributed by atoms with Crippen molar-refractivity contribution < 1.29 is 38.9 Å². The summed E-state index contributed by atoms with van der Waals surface area (Å²) in [5, 5.41) is 23.9. The van der Waals surface area contributed by atoms with Crippen molar-refractivity contribution in [3.8, 4) is 0 Å². The van der Waals surface area contributed by atoms with Crippen LogP contribution in [-0.4, -0.2) is 71.5 Å². The molecule has 2 aromatic carbocycles. The van der Waals surface area contributed by atoms with Crippen LogP contribution in [0.5, 0.6) is 0 Å². The fraction of sp³-hybridized carbons (Fsp3) is 0.407. The minimum Gasteiger partial charge on any atom is -0.464 e. The van der Waals surface area contributed by atoms with Crippen molar-refractivity contribution in [2.45, 2.75) is 57.4 Å². The first-order chi connectivity index (χ1) is 17.7. The lowest BCUT2D eigenvalue weighted by atomic mass is 10.1. The average Bonchev–Trinajstić information content (AvgIpc) is 2.88. The van der Waals surface area contributed by atoms with Gasteiger partial charge >= 0.3 is 11.9 Å². The van der Waals surface area contributed by atoms with E-state index in [1.54, 1.807) is 48.5 Å². The Balaban J connectivity index is 1.87. The Hall–Kier alpha value is -3.76. The summed E-state index contributed by atoms with van der Waals surface area (Å²) in [5.41, 5.74) is 1.60. The number of carbonyl (C=O) groups excluding carboxylic acids is 4. The molecule has 0 saturated heterocycles. The lowest BCUT2D eigenvalue weighted by molar-refractivity contribution is -0.151. The average molecular weight is 515 g/mol. The van der Waals surface area contributed by atoms with E-state index < -0.39 is 48.0 Å². The van der Waals surface area contributed by atoms with Gasteiger partial charge in [0.1, 0.15) is 24.3 Å². The van der Waals surface area contributed by atoms with Crippen molar-refractivity contribution >= 4 is 23.8 Å². The number of esters is 2. The van der Waals surface area contributed by atoms with Gasteiger partial charge in [-0.3, -0.25) is 9.59 Å². The van der Waals surface area contributed by atoms with Gasteiger partial charge in [-0.25, -0.2) is 9.59 Å². The molecule has 10 nitrogen and oxygen atoms in total. The normalized spacial score (nSPS) is 13.9. The zero-order chi connectivity index (χ0) is 27.2. The Morgan fingerprint density at radius 3 is 1.35 bits per heavy atom. The van der Waals surface area contributed by atoms with E-state index in [0.717, 1.165) is 11.1 Å². The minimum atomic E-state index is -1.29. The van der Waals surface area contributed by atoms with Crippen LogP contribution in [0.3, 0.4) is 0 Å². The van der Waals surface area contributed by atoms with Crippen molar-refractivity contribution in [1.29, 1.82) is 0 Å². The van der Waals surface area contributed by atoms with Crippen molar-refractivity contribution in [2.75, 3.05) is 13.2 Å². The van der Waals surface area contributed by atoms with Gasteiger partial charge in [-0.2, -0.15) is 0 Å². The molecule has 4 N–H and O–H groups in total. The van der Waals surface area contributed by atoms with Gasteiger partial charge in [0.05, 0.1) is 13.2 Å². The quantitative estimate of drug-likeness (QED) is 0.212. The molecule has 37 heavy (non-hydrogen) atoms. The number of ether oxygens (including phenoxy) is 2. The number of hydrogen-bond donors (Lipinski definition) is 4. The van der Waals surface area contributed by atoms with Gasteiger partial charge in [0, 0.05) is 19.3 Å². The van der Waals surface area contributed by atoms with Gasteiger partial charge in [-0.05, 0) is 25.0 Å². The van der Waals surface area contributed by atoms with E-state index in [1.807, 2.05) is 12.1 Å². The van der Waals surface area contributed by atoms with Gasteiger partial charge in [-0.15, -0.1) is 0 Å². The summed E-state index contributed by atoms with van der Waals surface area (Å²) >= 11 is 0. The molecule has 0 spiro atoms. The maximum absolute atomic E-state index is 12.6. The SMILES string of the molecule is CC(O)C(=O)NC(Cc1ccccc1)C(=O)OCCCOC(=O)C(Cc1ccccc1)NC(=O)C(C)O. The Morgan fingerprint density at radius 1 is 0.676 bits per heavy atom. The largest absolute Gasteiger partial charge is 0.464 e. The molecule has 2 aromatic rings. The first-order valence-corrected chi connectivity index (χ1v) is 12.1. The van der Waals surface area contributed by atoms with Crippen molar-refractivity contribution in [1.82, 2.24) is 10.6 Å². The van der Waals surface area contributed by atoms with Crippen LogP contribution in [0.1, 0.15) is 31.4 Å². The molecule has 0 aliphatic rings. The summed E-state index contributed by atoms with van der Waals surface area (Å²) in [5.74, 6) is -2.77. The van der Waals surface area contributed by atoms with Crippen LogP contribution in [0.4, 0.5) is 0 Å². The van der Waals surface area contributed by atoms with Gasteiger partial charge in [0.25, 0.3) is 0 Å². The fourth-order valence-corrected chi connectivity index (χ4v) is 3.28.